The number of aryl methyl sites for hydroxylation is 4. The number of nitrogens with zero attached hydrogens (tertiary/aromatic N) is 2. The van der Waals surface area contributed by atoms with Gasteiger partial charge in [-0.15, -0.1) is 23.5 Å². The molecule has 0 saturated heterocycles. The van der Waals surface area contributed by atoms with Crippen LogP contribution in [0.5, 0.6) is 0 Å². The van der Waals surface area contributed by atoms with E-state index in [9.17, 15) is 0 Å². The Morgan fingerprint density at radius 2 is 0.682 bits per heavy atom. The molecule has 0 heterocycles. The van der Waals surface area contributed by atoms with Crippen molar-refractivity contribution in [3.05, 3.63) is 240 Å². The maximum atomic E-state index is 2.39. The molecule has 0 saturated carbocycles. The fraction of sp³-hybridized carbons (Fsp3) is 0.194. The molecule has 8 rings (SSSR count). The minimum absolute atomic E-state index is 1.04. The Labute approximate surface area is 403 Å². The Balaban J connectivity index is 0.998. The van der Waals surface area contributed by atoms with Crippen LogP contribution in [0, 0.1) is 0 Å². The van der Waals surface area contributed by atoms with Gasteiger partial charge in [0.1, 0.15) is 0 Å². The molecule has 4 heteroatoms. The molecular formula is C62H62N2S2. The van der Waals surface area contributed by atoms with E-state index < -0.39 is 0 Å². The summed E-state index contributed by atoms with van der Waals surface area (Å²) in [5.41, 5.74) is 14.8. The van der Waals surface area contributed by atoms with E-state index in [1.807, 2.05) is 23.5 Å². The van der Waals surface area contributed by atoms with E-state index in [1.165, 1.54) is 80.5 Å². The van der Waals surface area contributed by atoms with E-state index >= 15 is 0 Å². The monoisotopic (exact) mass is 898 g/mol. The summed E-state index contributed by atoms with van der Waals surface area (Å²) in [4.78, 5) is 7.34. The lowest BCUT2D eigenvalue weighted by atomic mass is 10.1. The van der Waals surface area contributed by atoms with Gasteiger partial charge in [-0.3, -0.25) is 0 Å². The highest BCUT2D eigenvalue weighted by Crippen LogP contribution is 2.39. The van der Waals surface area contributed by atoms with E-state index in [1.54, 1.807) is 0 Å². The molecule has 0 unspecified atom stereocenters. The zero-order valence-electron chi connectivity index (χ0n) is 38.6. The Morgan fingerprint density at radius 3 is 1.05 bits per heavy atom. The topological polar surface area (TPSA) is 6.48 Å². The predicted octanol–water partition coefficient (Wildman–Crippen LogP) is 18.2. The van der Waals surface area contributed by atoms with Crippen molar-refractivity contribution in [2.24, 2.45) is 0 Å². The maximum Gasteiger partial charge on any atom is 0.0472 e. The van der Waals surface area contributed by atoms with E-state index in [0.29, 0.717) is 0 Å². The summed E-state index contributed by atoms with van der Waals surface area (Å²) < 4.78 is 0. The SMILES string of the molecule is CCCCc1ccc(N(c2ccc(C=Cc3ccc(N(c4ccc(CCCC)cc4)c4cccc(SCCc5ccccc5)c4)cc3)cc2)c2cccc(SCCc3ccccc3)c2)cc1. The highest BCUT2D eigenvalue weighted by atomic mass is 32.2. The van der Waals surface area contributed by atoms with Gasteiger partial charge < -0.3 is 9.80 Å². The summed E-state index contributed by atoms with van der Waals surface area (Å²) in [6.45, 7) is 4.52. The van der Waals surface area contributed by atoms with E-state index in [0.717, 1.165) is 59.7 Å². The minimum Gasteiger partial charge on any atom is -0.310 e. The fourth-order valence-corrected chi connectivity index (χ4v) is 10.1. The molecule has 0 aliphatic heterocycles. The second-order valence-corrected chi connectivity index (χ2v) is 19.2. The first kappa shape index (κ1) is 46.3. The zero-order valence-corrected chi connectivity index (χ0v) is 40.2. The molecule has 0 amide bonds. The quantitative estimate of drug-likeness (QED) is 0.0494. The van der Waals surface area contributed by atoms with Gasteiger partial charge in [-0.25, -0.2) is 0 Å². The first-order valence-corrected chi connectivity index (χ1v) is 25.8. The average Bonchev–Trinajstić information content (AvgIpc) is 3.37. The van der Waals surface area contributed by atoms with Crippen LogP contribution in [-0.2, 0) is 25.7 Å². The number of hydrogen-bond donors (Lipinski definition) is 0. The molecule has 0 aliphatic rings. The van der Waals surface area contributed by atoms with Gasteiger partial charge in [-0.1, -0.05) is 160 Å². The van der Waals surface area contributed by atoms with Crippen molar-refractivity contribution in [1.82, 2.24) is 0 Å². The molecule has 0 radical (unpaired) electrons. The molecule has 0 atom stereocenters. The van der Waals surface area contributed by atoms with Crippen LogP contribution in [0.15, 0.2) is 216 Å². The third-order valence-corrected chi connectivity index (χ3v) is 13.9. The zero-order chi connectivity index (χ0) is 45.2. The normalized spacial score (nSPS) is 11.2. The maximum absolute atomic E-state index is 2.39. The van der Waals surface area contributed by atoms with Crippen molar-refractivity contribution < 1.29 is 0 Å². The van der Waals surface area contributed by atoms with Gasteiger partial charge in [0.05, 0.1) is 0 Å². The molecule has 66 heavy (non-hydrogen) atoms. The van der Waals surface area contributed by atoms with Gasteiger partial charge in [-0.2, -0.15) is 0 Å². The third-order valence-electron chi connectivity index (χ3n) is 12.0. The number of hydrogen-bond acceptors (Lipinski definition) is 4. The molecule has 0 aliphatic carbocycles. The molecule has 2 nitrogen and oxygen atoms in total. The second kappa shape index (κ2) is 24.4. The molecule has 8 aromatic carbocycles. The van der Waals surface area contributed by atoms with E-state index in [2.05, 4.69) is 242 Å². The molecule has 0 N–H and O–H groups in total. The van der Waals surface area contributed by atoms with Crippen molar-refractivity contribution >= 4 is 69.8 Å². The van der Waals surface area contributed by atoms with Crippen LogP contribution in [0.3, 0.4) is 0 Å². The summed E-state index contributed by atoms with van der Waals surface area (Å²) in [7, 11) is 0. The lowest BCUT2D eigenvalue weighted by Crippen LogP contribution is -2.10. The largest absolute Gasteiger partial charge is 0.310 e. The van der Waals surface area contributed by atoms with Crippen molar-refractivity contribution in [1.29, 1.82) is 0 Å². The molecule has 0 aromatic heterocycles. The summed E-state index contributed by atoms with van der Waals surface area (Å²) in [5, 5.41) is 0. The predicted molar refractivity (Wildman–Crippen MR) is 290 cm³/mol. The highest BCUT2D eigenvalue weighted by Gasteiger charge is 2.15. The van der Waals surface area contributed by atoms with Gasteiger partial charge in [0.2, 0.25) is 0 Å². The standard InChI is InChI=1S/C62H62N2S2/c1-3-5-15-51-27-35-55(36-28-51)63(59-21-13-23-61(47-59)65-45-43-49-17-9-7-10-18-49)57-39-31-53(32-40-57)25-26-54-33-41-58(42-34-54)64(56-37-29-52(30-38-56)16-6-4-2)60-22-14-24-62(48-60)66-46-44-50-19-11-8-12-20-50/h7-14,17-42,47-48H,3-6,15-16,43-46H2,1-2H3. The number of thioether (sulfide) groups is 2. The van der Waals surface area contributed by atoms with Crippen molar-refractivity contribution in [2.45, 2.75) is 75.0 Å². The molecule has 332 valence electrons. The van der Waals surface area contributed by atoms with Crippen LogP contribution in [-0.4, -0.2) is 11.5 Å². The van der Waals surface area contributed by atoms with Gasteiger partial charge in [0.25, 0.3) is 0 Å². The van der Waals surface area contributed by atoms with Crippen LogP contribution in [0.2, 0.25) is 0 Å². The third kappa shape index (κ3) is 13.2. The Hall–Kier alpha value is -6.20. The number of benzene rings is 8. The van der Waals surface area contributed by atoms with Crippen molar-refractivity contribution in [3.8, 4) is 0 Å². The Kier molecular flexibility index (Phi) is 17.1. The summed E-state index contributed by atoms with van der Waals surface area (Å²) in [6, 6.07) is 75.8. The van der Waals surface area contributed by atoms with Crippen LogP contribution in [0.25, 0.3) is 12.2 Å². The van der Waals surface area contributed by atoms with Gasteiger partial charge in [-0.05, 0) is 157 Å². The molecule has 0 fully saturated rings. The second-order valence-electron chi connectivity index (χ2n) is 16.9. The van der Waals surface area contributed by atoms with Crippen molar-refractivity contribution in [3.63, 3.8) is 0 Å². The highest BCUT2D eigenvalue weighted by molar-refractivity contribution is 7.99. The van der Waals surface area contributed by atoms with Gasteiger partial charge in [0, 0.05) is 55.4 Å². The minimum atomic E-state index is 1.04. The molecule has 0 bridgehead atoms. The summed E-state index contributed by atoms with van der Waals surface area (Å²) in [6.07, 6.45) is 13.6. The van der Waals surface area contributed by atoms with Gasteiger partial charge >= 0.3 is 0 Å². The lowest BCUT2D eigenvalue weighted by molar-refractivity contribution is 0.795. The van der Waals surface area contributed by atoms with Crippen molar-refractivity contribution in [2.75, 3.05) is 21.3 Å². The fourth-order valence-electron chi connectivity index (χ4n) is 8.23. The summed E-state index contributed by atoms with van der Waals surface area (Å²) >= 11 is 3.84. The first-order valence-electron chi connectivity index (χ1n) is 23.8. The van der Waals surface area contributed by atoms with Crippen LogP contribution in [0.4, 0.5) is 34.1 Å². The Morgan fingerprint density at radius 1 is 0.333 bits per heavy atom. The van der Waals surface area contributed by atoms with Crippen LogP contribution in [0.1, 0.15) is 72.9 Å². The first-order chi connectivity index (χ1) is 32.6. The number of rotatable bonds is 22. The van der Waals surface area contributed by atoms with E-state index in [4.69, 9.17) is 0 Å². The molecular weight excluding hydrogens is 837 g/mol. The average molecular weight is 899 g/mol. The molecule has 8 aromatic rings. The number of unbranched alkanes of at least 4 members (excludes halogenated alkanes) is 2. The smallest absolute Gasteiger partial charge is 0.0472 e. The molecule has 0 spiro atoms. The van der Waals surface area contributed by atoms with Crippen LogP contribution >= 0.6 is 23.5 Å². The summed E-state index contributed by atoms with van der Waals surface area (Å²) in [5.74, 6) is 2.08. The Bertz CT molecular complexity index is 2500. The van der Waals surface area contributed by atoms with Crippen LogP contribution < -0.4 is 9.80 Å². The van der Waals surface area contributed by atoms with E-state index in [-0.39, 0.29) is 0 Å². The van der Waals surface area contributed by atoms with Gasteiger partial charge in [0.15, 0.2) is 0 Å². The number of anilines is 6. The lowest BCUT2D eigenvalue weighted by Gasteiger charge is -2.26.